The highest BCUT2D eigenvalue weighted by Crippen LogP contribution is 2.17. The lowest BCUT2D eigenvalue weighted by Crippen LogP contribution is -2.18. The first-order valence-electron chi connectivity index (χ1n) is 7.04. The van der Waals surface area contributed by atoms with Crippen LogP contribution in [0.25, 0.3) is 0 Å². The fraction of sp³-hybridized carbons (Fsp3) is 0.176. The molecule has 2 amide bonds. The number of para-hydroxylation sites is 1. The molecule has 2 aromatic rings. The molecular weight excluding hydrogens is 296 g/mol. The van der Waals surface area contributed by atoms with Gasteiger partial charge >= 0.3 is 0 Å². The second kappa shape index (κ2) is 7.95. The van der Waals surface area contributed by atoms with E-state index >= 15 is 0 Å². The Hall–Kier alpha value is -2.86. The third kappa shape index (κ3) is 4.55. The average Bonchev–Trinajstić information content (AvgIpc) is 2.56. The van der Waals surface area contributed by atoms with Crippen LogP contribution in [0.3, 0.4) is 0 Å². The average molecular weight is 314 g/mol. The lowest BCUT2D eigenvalue weighted by molar-refractivity contribution is 0.100. The largest absolute Gasteiger partial charge is 0.491 e. The van der Waals surface area contributed by atoms with Crippen molar-refractivity contribution >= 4 is 17.5 Å². The lowest BCUT2D eigenvalue weighted by atomic mass is 10.1. The van der Waals surface area contributed by atoms with Crippen LogP contribution in [0.1, 0.15) is 20.7 Å². The lowest BCUT2D eigenvalue weighted by Gasteiger charge is -2.09. The van der Waals surface area contributed by atoms with Crippen LogP contribution in [0.15, 0.2) is 48.5 Å². The molecule has 0 spiro atoms. The van der Waals surface area contributed by atoms with Crippen LogP contribution in [0, 0.1) is 0 Å². The number of carbonyl (C=O) groups excluding carboxylic acids is 2. The summed E-state index contributed by atoms with van der Waals surface area (Å²) in [4.78, 5) is 23.6. The van der Waals surface area contributed by atoms with Crippen LogP contribution in [-0.2, 0) is 4.74 Å². The summed E-state index contributed by atoms with van der Waals surface area (Å²) >= 11 is 0. The quantitative estimate of drug-likeness (QED) is 0.765. The van der Waals surface area contributed by atoms with E-state index in [2.05, 4.69) is 5.32 Å². The number of anilines is 1. The highest BCUT2D eigenvalue weighted by molar-refractivity contribution is 6.08. The Morgan fingerprint density at radius 1 is 1.04 bits per heavy atom. The van der Waals surface area contributed by atoms with E-state index in [1.165, 1.54) is 0 Å². The van der Waals surface area contributed by atoms with Crippen LogP contribution in [0.2, 0.25) is 0 Å². The minimum atomic E-state index is -0.595. The molecule has 6 heteroatoms. The Morgan fingerprint density at radius 3 is 2.39 bits per heavy atom. The van der Waals surface area contributed by atoms with Crippen LogP contribution >= 0.6 is 0 Å². The minimum absolute atomic E-state index is 0.264. The zero-order valence-corrected chi connectivity index (χ0v) is 12.7. The van der Waals surface area contributed by atoms with Crippen molar-refractivity contribution in [1.82, 2.24) is 0 Å². The van der Waals surface area contributed by atoms with Gasteiger partial charge in [0, 0.05) is 12.7 Å². The van der Waals surface area contributed by atoms with E-state index in [4.69, 9.17) is 15.2 Å². The molecule has 120 valence electrons. The number of hydrogen-bond donors (Lipinski definition) is 2. The Bertz CT molecular complexity index is 683. The fourth-order valence-electron chi connectivity index (χ4n) is 1.95. The van der Waals surface area contributed by atoms with Crippen molar-refractivity contribution in [2.45, 2.75) is 0 Å². The van der Waals surface area contributed by atoms with Gasteiger partial charge in [-0.2, -0.15) is 0 Å². The number of ether oxygens (including phenoxy) is 2. The summed E-state index contributed by atoms with van der Waals surface area (Å²) in [5.74, 6) is -0.277. The van der Waals surface area contributed by atoms with E-state index in [0.717, 1.165) is 0 Å². The number of benzene rings is 2. The van der Waals surface area contributed by atoms with E-state index in [0.29, 0.717) is 30.2 Å². The molecule has 0 saturated heterocycles. The molecule has 0 atom stereocenters. The molecule has 0 aromatic heterocycles. The molecule has 0 aliphatic heterocycles. The van der Waals surface area contributed by atoms with E-state index in [1.807, 2.05) is 0 Å². The minimum Gasteiger partial charge on any atom is -0.491 e. The zero-order chi connectivity index (χ0) is 16.7. The summed E-state index contributed by atoms with van der Waals surface area (Å²) in [5, 5.41) is 2.68. The molecule has 6 nitrogen and oxygen atoms in total. The molecule has 0 aliphatic rings. The molecule has 0 bridgehead atoms. The molecule has 0 fully saturated rings. The predicted octanol–water partition coefficient (Wildman–Crippen LogP) is 2.06. The number of hydrogen-bond acceptors (Lipinski definition) is 4. The van der Waals surface area contributed by atoms with Gasteiger partial charge in [-0.05, 0) is 36.4 Å². The fourth-order valence-corrected chi connectivity index (χ4v) is 1.95. The van der Waals surface area contributed by atoms with Gasteiger partial charge in [0.15, 0.2) is 0 Å². The van der Waals surface area contributed by atoms with E-state index in [9.17, 15) is 9.59 Å². The molecule has 0 unspecified atom stereocenters. The van der Waals surface area contributed by atoms with Crippen molar-refractivity contribution in [2.24, 2.45) is 5.73 Å². The van der Waals surface area contributed by atoms with E-state index in [-0.39, 0.29) is 11.5 Å². The van der Waals surface area contributed by atoms with Gasteiger partial charge in [0.25, 0.3) is 11.8 Å². The first kappa shape index (κ1) is 16.5. The normalized spacial score (nSPS) is 10.1. The van der Waals surface area contributed by atoms with Gasteiger partial charge in [-0.25, -0.2) is 0 Å². The van der Waals surface area contributed by atoms with Crippen molar-refractivity contribution < 1.29 is 19.1 Å². The summed E-state index contributed by atoms with van der Waals surface area (Å²) in [6, 6.07) is 13.3. The maximum Gasteiger partial charge on any atom is 0.255 e. The Morgan fingerprint density at radius 2 is 1.74 bits per heavy atom. The monoisotopic (exact) mass is 314 g/mol. The smallest absolute Gasteiger partial charge is 0.255 e. The maximum absolute atomic E-state index is 12.2. The topological polar surface area (TPSA) is 90.7 Å². The highest BCUT2D eigenvalue weighted by atomic mass is 16.5. The SMILES string of the molecule is COCCOc1ccc(C(=O)Nc2ccccc2C(N)=O)cc1. The van der Waals surface area contributed by atoms with Gasteiger partial charge in [-0.1, -0.05) is 12.1 Å². The number of carbonyl (C=O) groups is 2. The van der Waals surface area contributed by atoms with Crippen molar-refractivity contribution in [3.05, 3.63) is 59.7 Å². The number of rotatable bonds is 7. The first-order valence-corrected chi connectivity index (χ1v) is 7.04. The Balaban J connectivity index is 2.05. The summed E-state index contributed by atoms with van der Waals surface area (Å²) in [7, 11) is 1.60. The van der Waals surface area contributed by atoms with Crippen molar-refractivity contribution in [3.8, 4) is 5.75 Å². The van der Waals surface area contributed by atoms with Crippen LogP contribution in [0.4, 0.5) is 5.69 Å². The third-order valence-corrected chi connectivity index (χ3v) is 3.11. The van der Waals surface area contributed by atoms with E-state index in [1.54, 1.807) is 55.6 Å². The number of nitrogens with one attached hydrogen (secondary N) is 1. The number of primary amides is 1. The number of amides is 2. The highest BCUT2D eigenvalue weighted by Gasteiger charge is 2.11. The second-order valence-corrected chi connectivity index (χ2v) is 4.73. The molecular formula is C17H18N2O4. The summed E-state index contributed by atoms with van der Waals surface area (Å²) in [6.45, 7) is 0.931. The number of nitrogens with two attached hydrogens (primary N) is 1. The molecule has 23 heavy (non-hydrogen) atoms. The second-order valence-electron chi connectivity index (χ2n) is 4.73. The van der Waals surface area contributed by atoms with Gasteiger partial charge < -0.3 is 20.5 Å². The van der Waals surface area contributed by atoms with Crippen LogP contribution in [0.5, 0.6) is 5.75 Å². The van der Waals surface area contributed by atoms with Gasteiger partial charge in [-0.15, -0.1) is 0 Å². The molecule has 2 rings (SSSR count). The van der Waals surface area contributed by atoms with Gasteiger partial charge in [0.2, 0.25) is 0 Å². The standard InChI is InChI=1S/C17H18N2O4/c1-22-10-11-23-13-8-6-12(7-9-13)17(21)19-15-5-3-2-4-14(15)16(18)20/h2-9H,10-11H2,1H3,(H2,18,20)(H,19,21). The van der Waals surface area contributed by atoms with Gasteiger partial charge in [-0.3, -0.25) is 9.59 Å². The van der Waals surface area contributed by atoms with Crippen molar-refractivity contribution in [2.75, 3.05) is 25.6 Å². The zero-order valence-electron chi connectivity index (χ0n) is 12.7. The van der Waals surface area contributed by atoms with Crippen molar-refractivity contribution in [1.29, 1.82) is 0 Å². The summed E-state index contributed by atoms with van der Waals surface area (Å²) < 4.78 is 10.3. The maximum atomic E-state index is 12.2. The van der Waals surface area contributed by atoms with Crippen LogP contribution in [-0.4, -0.2) is 32.1 Å². The first-order chi connectivity index (χ1) is 11.1. The van der Waals surface area contributed by atoms with Gasteiger partial charge in [0.1, 0.15) is 12.4 Å². The third-order valence-electron chi connectivity index (χ3n) is 3.11. The Labute approximate surface area is 134 Å². The Kier molecular flexibility index (Phi) is 5.71. The summed E-state index contributed by atoms with van der Waals surface area (Å²) in [5.41, 5.74) is 6.38. The van der Waals surface area contributed by atoms with E-state index < -0.39 is 5.91 Å². The molecule has 0 aliphatic carbocycles. The molecule has 3 N–H and O–H groups in total. The molecule has 0 saturated carbocycles. The number of methoxy groups -OCH3 is 1. The molecule has 2 aromatic carbocycles. The summed E-state index contributed by atoms with van der Waals surface area (Å²) in [6.07, 6.45) is 0. The molecule has 0 radical (unpaired) electrons. The van der Waals surface area contributed by atoms with Crippen molar-refractivity contribution in [3.63, 3.8) is 0 Å². The van der Waals surface area contributed by atoms with Gasteiger partial charge in [0.05, 0.1) is 17.9 Å². The van der Waals surface area contributed by atoms with Crippen LogP contribution < -0.4 is 15.8 Å². The predicted molar refractivity (Wildman–Crippen MR) is 86.7 cm³/mol. The molecule has 0 heterocycles.